The van der Waals surface area contributed by atoms with E-state index in [4.69, 9.17) is 0 Å². The van der Waals surface area contributed by atoms with E-state index in [1.807, 2.05) is 16.2 Å². The predicted octanol–water partition coefficient (Wildman–Crippen LogP) is 1.03. The summed E-state index contributed by atoms with van der Waals surface area (Å²) in [5.74, 6) is 0.596. The molecule has 0 bridgehead atoms. The zero-order valence-electron chi connectivity index (χ0n) is 10.9. The topological polar surface area (TPSA) is 35.6 Å². The van der Waals surface area contributed by atoms with E-state index in [1.165, 1.54) is 4.88 Å². The Morgan fingerprint density at radius 1 is 1.32 bits per heavy atom. The number of nitrogens with one attached hydrogen (secondary N) is 1. The first-order valence-corrected chi connectivity index (χ1v) is 7.45. The van der Waals surface area contributed by atoms with Gasteiger partial charge in [0.05, 0.1) is 5.92 Å². The van der Waals surface area contributed by atoms with Crippen molar-refractivity contribution < 1.29 is 4.79 Å². The number of thiophene rings is 1. The quantitative estimate of drug-likeness (QED) is 0.906. The Labute approximate surface area is 124 Å². The maximum absolute atomic E-state index is 12.1. The first-order valence-electron chi connectivity index (χ1n) is 6.57. The van der Waals surface area contributed by atoms with Crippen LogP contribution < -0.4 is 5.32 Å². The van der Waals surface area contributed by atoms with Crippen LogP contribution in [0.15, 0.2) is 17.5 Å². The minimum Gasteiger partial charge on any atom is -0.340 e. The Balaban J connectivity index is 0.00000133. The van der Waals surface area contributed by atoms with Crippen molar-refractivity contribution in [1.29, 1.82) is 0 Å². The van der Waals surface area contributed by atoms with Crippen LogP contribution >= 0.6 is 23.7 Å². The number of amides is 1. The van der Waals surface area contributed by atoms with Gasteiger partial charge in [-0.2, -0.15) is 0 Å². The normalized spacial score (nSPS) is 20.7. The summed E-state index contributed by atoms with van der Waals surface area (Å²) in [6.45, 7) is 6.56. The molecule has 2 aliphatic heterocycles. The number of nitrogens with zero attached hydrogens (tertiary/aromatic N) is 2. The van der Waals surface area contributed by atoms with Gasteiger partial charge < -0.3 is 10.2 Å². The number of carbonyl (C=O) groups excluding carboxylic acids is 1. The molecule has 1 aromatic rings. The van der Waals surface area contributed by atoms with Crippen LogP contribution in [0.3, 0.4) is 0 Å². The van der Waals surface area contributed by atoms with Crippen molar-refractivity contribution in [1.82, 2.24) is 15.1 Å². The molecule has 6 heteroatoms. The van der Waals surface area contributed by atoms with E-state index in [0.29, 0.717) is 5.91 Å². The average molecular weight is 302 g/mol. The summed E-state index contributed by atoms with van der Waals surface area (Å²) in [7, 11) is 0. The highest BCUT2D eigenvalue weighted by Gasteiger charge is 2.30. The Kier molecular flexibility index (Phi) is 5.21. The average Bonchev–Trinajstić information content (AvgIpc) is 2.80. The monoisotopic (exact) mass is 301 g/mol. The summed E-state index contributed by atoms with van der Waals surface area (Å²) in [5, 5.41) is 5.29. The van der Waals surface area contributed by atoms with E-state index < -0.39 is 0 Å². The number of carbonyl (C=O) groups is 1. The molecule has 1 aromatic heterocycles. The fraction of sp³-hybridized carbons (Fsp3) is 0.615. The lowest BCUT2D eigenvalue weighted by Gasteiger charge is -2.38. The summed E-state index contributed by atoms with van der Waals surface area (Å²) >= 11 is 1.81. The molecule has 19 heavy (non-hydrogen) atoms. The molecule has 1 N–H and O–H groups in total. The van der Waals surface area contributed by atoms with Gasteiger partial charge in [-0.05, 0) is 11.4 Å². The molecule has 0 radical (unpaired) electrons. The molecule has 3 heterocycles. The Hall–Kier alpha value is -0.620. The first kappa shape index (κ1) is 14.8. The highest BCUT2D eigenvalue weighted by atomic mass is 35.5. The molecule has 1 amide bonds. The highest BCUT2D eigenvalue weighted by Crippen LogP contribution is 2.15. The summed E-state index contributed by atoms with van der Waals surface area (Å²) < 4.78 is 0. The van der Waals surface area contributed by atoms with Gasteiger partial charge >= 0.3 is 0 Å². The largest absolute Gasteiger partial charge is 0.340 e. The second-order valence-corrected chi connectivity index (χ2v) is 6.07. The Morgan fingerprint density at radius 2 is 2.05 bits per heavy atom. The van der Waals surface area contributed by atoms with E-state index in [0.717, 1.165) is 45.8 Å². The van der Waals surface area contributed by atoms with Crippen LogP contribution in [0.1, 0.15) is 4.88 Å². The molecule has 0 aromatic carbocycles. The molecule has 106 valence electrons. The first-order chi connectivity index (χ1) is 8.83. The van der Waals surface area contributed by atoms with Crippen molar-refractivity contribution in [3.8, 4) is 0 Å². The lowest BCUT2D eigenvalue weighted by atomic mass is 10.0. The van der Waals surface area contributed by atoms with E-state index in [-0.39, 0.29) is 18.3 Å². The SMILES string of the molecule is Cl.O=C(C1CNC1)N1CCN(Cc2cccs2)CC1. The molecule has 3 rings (SSSR count). The van der Waals surface area contributed by atoms with Gasteiger partial charge in [0.1, 0.15) is 0 Å². The van der Waals surface area contributed by atoms with Gasteiger partial charge in [-0.25, -0.2) is 0 Å². The number of halogens is 1. The van der Waals surface area contributed by atoms with Gasteiger partial charge in [-0.3, -0.25) is 9.69 Å². The zero-order valence-corrected chi connectivity index (χ0v) is 12.5. The van der Waals surface area contributed by atoms with Crippen molar-refractivity contribution in [2.45, 2.75) is 6.54 Å². The van der Waals surface area contributed by atoms with Crippen LogP contribution in [0, 0.1) is 5.92 Å². The Bertz CT molecular complexity index is 400. The third-order valence-corrected chi connectivity index (χ3v) is 4.64. The predicted molar refractivity (Wildman–Crippen MR) is 79.8 cm³/mol. The minimum atomic E-state index is 0. The van der Waals surface area contributed by atoms with E-state index in [1.54, 1.807) is 0 Å². The number of piperazine rings is 1. The van der Waals surface area contributed by atoms with Gasteiger partial charge in [0.15, 0.2) is 0 Å². The molecule has 0 saturated carbocycles. The van der Waals surface area contributed by atoms with Gasteiger partial charge in [0, 0.05) is 50.7 Å². The molecule has 2 aliphatic rings. The smallest absolute Gasteiger partial charge is 0.228 e. The zero-order chi connectivity index (χ0) is 12.4. The van der Waals surface area contributed by atoms with Crippen LogP contribution in [0.2, 0.25) is 0 Å². The highest BCUT2D eigenvalue weighted by molar-refractivity contribution is 7.09. The molecule has 2 fully saturated rings. The van der Waals surface area contributed by atoms with Gasteiger partial charge in [-0.1, -0.05) is 6.07 Å². The van der Waals surface area contributed by atoms with Crippen molar-refractivity contribution in [2.24, 2.45) is 5.92 Å². The molecule has 0 atom stereocenters. The standard InChI is InChI=1S/C13H19N3OS.ClH/c17-13(11-8-14-9-11)16-5-3-15(4-6-16)10-12-2-1-7-18-12;/h1-2,7,11,14H,3-6,8-10H2;1H. The number of hydrogen-bond donors (Lipinski definition) is 1. The maximum atomic E-state index is 12.1. The van der Waals surface area contributed by atoms with E-state index in [2.05, 4.69) is 27.7 Å². The number of hydrogen-bond acceptors (Lipinski definition) is 4. The fourth-order valence-electron chi connectivity index (χ4n) is 2.47. The maximum Gasteiger partial charge on any atom is 0.228 e. The van der Waals surface area contributed by atoms with E-state index >= 15 is 0 Å². The van der Waals surface area contributed by atoms with Gasteiger partial charge in [0.2, 0.25) is 5.91 Å². The van der Waals surface area contributed by atoms with E-state index in [9.17, 15) is 4.79 Å². The molecule has 0 spiro atoms. The van der Waals surface area contributed by atoms with Gasteiger partial charge in [-0.15, -0.1) is 23.7 Å². The minimum absolute atomic E-state index is 0. The van der Waals surface area contributed by atoms with Crippen molar-refractivity contribution in [3.63, 3.8) is 0 Å². The van der Waals surface area contributed by atoms with Crippen LogP contribution in [-0.4, -0.2) is 55.0 Å². The lowest BCUT2D eigenvalue weighted by molar-refractivity contribution is -0.138. The lowest BCUT2D eigenvalue weighted by Crippen LogP contribution is -2.56. The summed E-state index contributed by atoms with van der Waals surface area (Å²) in [4.78, 5) is 18.0. The fourth-order valence-corrected chi connectivity index (χ4v) is 3.22. The summed E-state index contributed by atoms with van der Waals surface area (Å²) in [5.41, 5.74) is 0. The third kappa shape index (κ3) is 3.48. The molecule has 2 saturated heterocycles. The molecule has 4 nitrogen and oxygen atoms in total. The molecular weight excluding hydrogens is 282 g/mol. The van der Waals surface area contributed by atoms with Crippen LogP contribution in [0.5, 0.6) is 0 Å². The van der Waals surface area contributed by atoms with Crippen molar-refractivity contribution in [2.75, 3.05) is 39.3 Å². The molecule has 0 aliphatic carbocycles. The third-order valence-electron chi connectivity index (χ3n) is 3.77. The van der Waals surface area contributed by atoms with Crippen LogP contribution in [-0.2, 0) is 11.3 Å². The molecule has 0 unspecified atom stereocenters. The van der Waals surface area contributed by atoms with Crippen molar-refractivity contribution >= 4 is 29.7 Å². The second-order valence-electron chi connectivity index (χ2n) is 5.04. The second kappa shape index (κ2) is 6.70. The van der Waals surface area contributed by atoms with Crippen molar-refractivity contribution in [3.05, 3.63) is 22.4 Å². The molecular formula is C13H20ClN3OS. The van der Waals surface area contributed by atoms with Gasteiger partial charge in [0.25, 0.3) is 0 Å². The Morgan fingerprint density at radius 3 is 2.58 bits per heavy atom. The summed E-state index contributed by atoms with van der Waals surface area (Å²) in [6, 6.07) is 4.28. The number of rotatable bonds is 3. The summed E-state index contributed by atoms with van der Waals surface area (Å²) in [6.07, 6.45) is 0. The van der Waals surface area contributed by atoms with Crippen LogP contribution in [0.25, 0.3) is 0 Å². The van der Waals surface area contributed by atoms with Crippen LogP contribution in [0.4, 0.5) is 0 Å².